The Labute approximate surface area is 173 Å². The second kappa shape index (κ2) is 8.23. The van der Waals surface area contributed by atoms with Crippen LogP contribution in [0.1, 0.15) is 12.2 Å². The molecule has 3 heterocycles. The summed E-state index contributed by atoms with van der Waals surface area (Å²) in [4.78, 5) is 38.4. The number of methoxy groups -OCH3 is 1. The molecular formula is C20H22FN5O4. The second-order valence-corrected chi connectivity index (χ2v) is 7.17. The van der Waals surface area contributed by atoms with Crippen LogP contribution < -0.4 is 14.5 Å². The van der Waals surface area contributed by atoms with Gasteiger partial charge in [0.2, 0.25) is 0 Å². The molecule has 2 aliphatic rings. The van der Waals surface area contributed by atoms with Crippen LogP contribution in [0.3, 0.4) is 0 Å². The number of ether oxygens (including phenoxy) is 2. The number of rotatable bonds is 5. The summed E-state index contributed by atoms with van der Waals surface area (Å²) in [7, 11) is 3.25. The highest BCUT2D eigenvalue weighted by Gasteiger charge is 2.42. The van der Waals surface area contributed by atoms with E-state index in [0.717, 1.165) is 0 Å². The molecule has 2 aliphatic heterocycles. The summed E-state index contributed by atoms with van der Waals surface area (Å²) in [6, 6.07) is 5.46. The van der Waals surface area contributed by atoms with Crippen molar-refractivity contribution in [3.8, 4) is 5.75 Å². The van der Waals surface area contributed by atoms with Gasteiger partial charge in [0.05, 0.1) is 12.7 Å². The van der Waals surface area contributed by atoms with E-state index in [-0.39, 0.29) is 24.6 Å². The van der Waals surface area contributed by atoms with Gasteiger partial charge in [-0.25, -0.2) is 19.2 Å². The summed E-state index contributed by atoms with van der Waals surface area (Å²) in [6.45, 7) is 1.07. The molecule has 30 heavy (non-hydrogen) atoms. The Morgan fingerprint density at radius 2 is 2.10 bits per heavy atom. The summed E-state index contributed by atoms with van der Waals surface area (Å²) in [6.07, 6.45) is 1.86. The number of aldehydes is 1. The number of carbonyl (C=O) groups is 2. The third-order valence-electron chi connectivity index (χ3n) is 5.19. The van der Waals surface area contributed by atoms with Crippen LogP contribution in [0.15, 0.2) is 30.5 Å². The van der Waals surface area contributed by atoms with E-state index in [0.29, 0.717) is 48.9 Å². The maximum absolute atomic E-state index is 13.3. The molecule has 1 aromatic carbocycles. The number of carbonyl (C=O) groups excluding carboxylic acids is 2. The first-order chi connectivity index (χ1) is 14.5. The van der Waals surface area contributed by atoms with Crippen molar-refractivity contribution in [1.29, 1.82) is 0 Å². The Kier molecular flexibility index (Phi) is 5.49. The first-order valence-electron chi connectivity index (χ1n) is 9.55. The van der Waals surface area contributed by atoms with Gasteiger partial charge in [0, 0.05) is 27.1 Å². The number of hydrogen-bond acceptors (Lipinski definition) is 7. The maximum atomic E-state index is 13.3. The lowest BCUT2D eigenvalue weighted by molar-refractivity contribution is -0.108. The van der Waals surface area contributed by atoms with E-state index in [1.165, 1.54) is 23.2 Å². The number of benzene rings is 1. The van der Waals surface area contributed by atoms with Crippen LogP contribution in [-0.4, -0.2) is 66.7 Å². The van der Waals surface area contributed by atoms with E-state index in [1.54, 1.807) is 36.1 Å². The molecule has 9 nitrogen and oxygen atoms in total. The minimum atomic E-state index is -0.809. The van der Waals surface area contributed by atoms with Crippen LogP contribution in [0.2, 0.25) is 0 Å². The van der Waals surface area contributed by atoms with Gasteiger partial charge < -0.3 is 19.3 Å². The molecule has 0 N–H and O–H groups in total. The van der Waals surface area contributed by atoms with Gasteiger partial charge in [-0.1, -0.05) is 0 Å². The third kappa shape index (κ3) is 3.65. The molecule has 2 atom stereocenters. The van der Waals surface area contributed by atoms with Gasteiger partial charge in [-0.3, -0.25) is 9.69 Å². The first-order valence-corrected chi connectivity index (χ1v) is 9.55. The van der Waals surface area contributed by atoms with Gasteiger partial charge in [0.15, 0.2) is 24.1 Å². The largest absolute Gasteiger partial charge is 0.489 e. The molecule has 4 rings (SSSR count). The summed E-state index contributed by atoms with van der Waals surface area (Å²) >= 11 is 0. The van der Waals surface area contributed by atoms with Gasteiger partial charge >= 0.3 is 6.03 Å². The zero-order valence-electron chi connectivity index (χ0n) is 16.7. The topological polar surface area (TPSA) is 88.1 Å². The van der Waals surface area contributed by atoms with Crippen LogP contribution >= 0.6 is 0 Å². The van der Waals surface area contributed by atoms with Crippen LogP contribution in [0.5, 0.6) is 5.75 Å². The fraction of sp³-hybridized carbons (Fsp3) is 0.400. The van der Waals surface area contributed by atoms with Gasteiger partial charge in [-0.05, 0) is 24.3 Å². The molecule has 1 saturated heterocycles. The van der Waals surface area contributed by atoms with Crippen molar-refractivity contribution in [2.75, 3.05) is 37.0 Å². The monoisotopic (exact) mass is 415 g/mol. The number of likely N-dealkylation sites (N-methyl/N-ethyl adjacent to an activating group) is 1. The van der Waals surface area contributed by atoms with Gasteiger partial charge in [-0.15, -0.1) is 0 Å². The number of amides is 2. The van der Waals surface area contributed by atoms with Crippen LogP contribution in [0.4, 0.5) is 20.7 Å². The summed E-state index contributed by atoms with van der Waals surface area (Å²) in [5, 5.41) is 0. The van der Waals surface area contributed by atoms with Crippen molar-refractivity contribution in [2.45, 2.75) is 25.3 Å². The Balaban J connectivity index is 1.50. The average Bonchev–Trinajstić information content (AvgIpc) is 3.32. The number of urea groups is 1. The number of aromatic nitrogens is 2. The second-order valence-electron chi connectivity index (χ2n) is 7.17. The molecule has 1 unspecified atom stereocenters. The molecule has 158 valence electrons. The van der Waals surface area contributed by atoms with Crippen molar-refractivity contribution >= 4 is 23.8 Å². The van der Waals surface area contributed by atoms with Gasteiger partial charge in [0.1, 0.15) is 30.0 Å². The smallest absolute Gasteiger partial charge is 0.326 e. The molecule has 0 radical (unpaired) electrons. The number of halogens is 1. The lowest BCUT2D eigenvalue weighted by Gasteiger charge is -2.28. The molecule has 2 amide bonds. The van der Waals surface area contributed by atoms with E-state index < -0.39 is 6.17 Å². The Hall–Kier alpha value is -3.27. The van der Waals surface area contributed by atoms with E-state index in [9.17, 15) is 14.0 Å². The number of anilines is 2. The van der Waals surface area contributed by atoms with Crippen molar-refractivity contribution in [3.63, 3.8) is 0 Å². The molecule has 0 saturated carbocycles. The standard InChI is InChI=1S/C20H22FN5O4/c1-24-18(11-27)26(16-9-22-17(12-29-2)23-19(16)24)20(28)25-8-7-15(10-25)30-14-5-3-13(21)4-6-14/h3-6,9,11,15,18H,7-8,10,12H2,1-2H3/t15-,18?/m1/s1. The predicted octanol–water partition coefficient (Wildman–Crippen LogP) is 1.82. The van der Waals surface area contributed by atoms with Gasteiger partial charge in [-0.2, -0.15) is 0 Å². The van der Waals surface area contributed by atoms with Crippen molar-refractivity contribution in [1.82, 2.24) is 14.9 Å². The SMILES string of the molecule is COCc1ncc2c(n1)N(C)C(C=O)N2C(=O)N1CC[C@@H](Oc2ccc(F)cc2)C1. The number of likely N-dealkylation sites (tertiary alicyclic amines) is 1. The quantitative estimate of drug-likeness (QED) is 0.689. The lowest BCUT2D eigenvalue weighted by Crippen LogP contribution is -2.51. The van der Waals surface area contributed by atoms with E-state index in [2.05, 4.69) is 9.97 Å². The number of fused-ring (bicyclic) bond motifs is 1. The summed E-state index contributed by atoms with van der Waals surface area (Å²) in [5.41, 5.74) is 0.474. The zero-order chi connectivity index (χ0) is 21.3. The van der Waals surface area contributed by atoms with Crippen molar-refractivity contribution < 1.29 is 23.5 Å². The highest BCUT2D eigenvalue weighted by molar-refractivity contribution is 6.02. The summed E-state index contributed by atoms with van der Waals surface area (Å²) < 4.78 is 24.0. The highest BCUT2D eigenvalue weighted by Crippen LogP contribution is 2.37. The van der Waals surface area contributed by atoms with Crippen molar-refractivity contribution in [2.24, 2.45) is 0 Å². The van der Waals surface area contributed by atoms with Crippen LogP contribution in [0.25, 0.3) is 0 Å². The third-order valence-corrected chi connectivity index (χ3v) is 5.19. The highest BCUT2D eigenvalue weighted by atomic mass is 19.1. The fourth-order valence-corrected chi connectivity index (χ4v) is 3.70. The molecule has 0 bridgehead atoms. The molecular weight excluding hydrogens is 393 g/mol. The van der Waals surface area contributed by atoms with Crippen LogP contribution in [0, 0.1) is 5.82 Å². The molecule has 0 spiro atoms. The lowest BCUT2D eigenvalue weighted by atomic mass is 10.3. The van der Waals surface area contributed by atoms with Crippen molar-refractivity contribution in [3.05, 3.63) is 42.1 Å². The first kappa shape index (κ1) is 20.0. The van der Waals surface area contributed by atoms with E-state index in [1.807, 2.05) is 0 Å². The molecule has 10 heteroatoms. The fourth-order valence-electron chi connectivity index (χ4n) is 3.70. The van der Waals surface area contributed by atoms with Gasteiger partial charge in [0.25, 0.3) is 0 Å². The zero-order valence-corrected chi connectivity index (χ0v) is 16.7. The maximum Gasteiger partial charge on any atom is 0.326 e. The summed E-state index contributed by atoms with van der Waals surface area (Å²) in [5.74, 6) is 1.18. The molecule has 2 aromatic rings. The normalized spacial score (nSPS) is 20.4. The number of hydrogen-bond donors (Lipinski definition) is 0. The average molecular weight is 415 g/mol. The Morgan fingerprint density at radius 1 is 1.33 bits per heavy atom. The minimum absolute atomic E-state index is 0.214. The molecule has 0 aliphatic carbocycles. The molecule has 1 fully saturated rings. The van der Waals surface area contributed by atoms with Crippen LogP contribution in [-0.2, 0) is 16.1 Å². The number of nitrogens with zero attached hydrogens (tertiary/aromatic N) is 5. The Bertz CT molecular complexity index is 941. The minimum Gasteiger partial charge on any atom is -0.489 e. The van der Waals surface area contributed by atoms with E-state index >= 15 is 0 Å². The predicted molar refractivity (Wildman–Crippen MR) is 106 cm³/mol. The molecule has 1 aromatic heterocycles. The van der Waals surface area contributed by atoms with E-state index in [4.69, 9.17) is 9.47 Å². The Morgan fingerprint density at radius 3 is 2.80 bits per heavy atom.